The van der Waals surface area contributed by atoms with E-state index in [0.29, 0.717) is 5.69 Å². The average molecular weight is 200 g/mol. The molecular formula is C10H8N4O. The first-order valence-corrected chi connectivity index (χ1v) is 4.13. The van der Waals surface area contributed by atoms with E-state index in [1.165, 1.54) is 0 Å². The second-order valence-electron chi connectivity index (χ2n) is 2.74. The molecule has 15 heavy (non-hydrogen) atoms. The zero-order chi connectivity index (χ0) is 11.3. The Morgan fingerprint density at radius 3 is 2.33 bits per heavy atom. The summed E-state index contributed by atoms with van der Waals surface area (Å²) in [6.07, 6.45) is 1.76. The summed E-state index contributed by atoms with van der Waals surface area (Å²) < 4.78 is 0. The fourth-order valence-electron chi connectivity index (χ4n) is 1.10. The molecule has 1 aromatic carbocycles. The van der Waals surface area contributed by atoms with Crippen LogP contribution in [0.4, 0.5) is 5.69 Å². The summed E-state index contributed by atoms with van der Waals surface area (Å²) in [4.78, 5) is 11.9. The molecule has 0 aromatic heterocycles. The highest BCUT2D eigenvalue weighted by Crippen LogP contribution is 2.14. The van der Waals surface area contributed by atoms with Gasteiger partial charge in [0.2, 0.25) is 6.04 Å². The summed E-state index contributed by atoms with van der Waals surface area (Å²) in [5.74, 6) is -0.845. The molecule has 0 saturated heterocycles. The van der Waals surface area contributed by atoms with Gasteiger partial charge in [0.25, 0.3) is 5.91 Å². The molecule has 5 nitrogen and oxygen atoms in total. The van der Waals surface area contributed by atoms with E-state index < -0.39 is 11.9 Å². The number of nitrogens with zero attached hydrogens (tertiary/aromatic N) is 3. The summed E-state index contributed by atoms with van der Waals surface area (Å²) in [6, 6.07) is 8.83. The van der Waals surface area contributed by atoms with Crippen LogP contribution in [0.5, 0.6) is 0 Å². The fourth-order valence-corrected chi connectivity index (χ4v) is 1.10. The van der Waals surface area contributed by atoms with Gasteiger partial charge in [0, 0.05) is 0 Å². The van der Waals surface area contributed by atoms with Crippen LogP contribution in [0, 0.1) is 22.8 Å². The van der Waals surface area contributed by atoms with Crippen LogP contribution in [0.25, 0.3) is 0 Å². The monoisotopic (exact) mass is 200 g/mol. The summed E-state index contributed by atoms with van der Waals surface area (Å²) >= 11 is 0. The lowest BCUT2D eigenvalue weighted by Gasteiger charge is -2.18. The Hall–Kier alpha value is -2.53. The van der Waals surface area contributed by atoms with Gasteiger partial charge in [0.1, 0.15) is 0 Å². The third kappa shape index (κ3) is 2.23. The molecule has 2 N–H and O–H groups in total. The highest BCUT2D eigenvalue weighted by molar-refractivity contribution is 5.87. The smallest absolute Gasteiger partial charge is 0.256 e. The fraction of sp³-hybridized carbons (Fsp3) is 0.100. The minimum absolute atomic E-state index is 0.463. The molecule has 0 aliphatic carbocycles. The van der Waals surface area contributed by atoms with Gasteiger partial charge in [0.05, 0.1) is 11.8 Å². The van der Waals surface area contributed by atoms with Crippen LogP contribution in [0.2, 0.25) is 0 Å². The molecule has 1 atom stereocenters. The summed E-state index contributed by atoms with van der Waals surface area (Å²) in [5.41, 5.74) is 5.47. The van der Waals surface area contributed by atoms with Crippen LogP contribution >= 0.6 is 0 Å². The van der Waals surface area contributed by atoms with Crippen molar-refractivity contribution in [2.75, 3.05) is 4.90 Å². The Labute approximate surface area is 86.9 Å². The third-order valence-corrected chi connectivity index (χ3v) is 1.79. The van der Waals surface area contributed by atoms with Gasteiger partial charge >= 0.3 is 0 Å². The number of carbonyl (C=O) groups excluding carboxylic acids is 1. The molecule has 1 unspecified atom stereocenters. The largest absolute Gasteiger partial charge is 0.367 e. The summed E-state index contributed by atoms with van der Waals surface area (Å²) in [7, 11) is 0. The van der Waals surface area contributed by atoms with Crippen molar-refractivity contribution < 1.29 is 4.79 Å². The first-order chi connectivity index (χ1) is 7.20. The van der Waals surface area contributed by atoms with E-state index in [4.69, 9.17) is 16.3 Å². The average Bonchev–Trinajstić information content (AvgIpc) is 2.26. The van der Waals surface area contributed by atoms with Gasteiger partial charge in [-0.3, -0.25) is 9.69 Å². The zero-order valence-electron chi connectivity index (χ0n) is 7.79. The number of carbonyl (C=O) groups is 1. The first-order valence-electron chi connectivity index (χ1n) is 4.13. The standard InChI is InChI=1S/C10H8N4O/c11-6-9(10(13)15)14(7-12)8-4-2-1-3-5-8/h1-5,9H,(H2,13,15). The number of anilines is 1. The van der Waals surface area contributed by atoms with Crippen molar-refractivity contribution in [2.24, 2.45) is 5.73 Å². The maximum Gasteiger partial charge on any atom is 0.256 e. The van der Waals surface area contributed by atoms with E-state index in [-0.39, 0.29) is 0 Å². The van der Waals surface area contributed by atoms with Gasteiger partial charge in [-0.25, -0.2) is 0 Å². The predicted octanol–water partition coefficient (Wildman–Crippen LogP) is 0.352. The maximum absolute atomic E-state index is 10.9. The van der Waals surface area contributed by atoms with Crippen molar-refractivity contribution in [1.82, 2.24) is 0 Å². The second kappa shape index (κ2) is 4.64. The maximum atomic E-state index is 10.9. The Morgan fingerprint density at radius 2 is 1.93 bits per heavy atom. The number of amides is 1. The van der Waals surface area contributed by atoms with E-state index in [1.807, 2.05) is 0 Å². The van der Waals surface area contributed by atoms with E-state index >= 15 is 0 Å². The predicted molar refractivity (Wildman–Crippen MR) is 53.1 cm³/mol. The van der Waals surface area contributed by atoms with Crippen molar-refractivity contribution >= 4 is 11.6 Å². The van der Waals surface area contributed by atoms with Crippen molar-refractivity contribution in [1.29, 1.82) is 10.5 Å². The number of rotatable bonds is 3. The van der Waals surface area contributed by atoms with Crippen LogP contribution in [-0.4, -0.2) is 11.9 Å². The Morgan fingerprint density at radius 1 is 1.33 bits per heavy atom. The SMILES string of the molecule is N#CC(C(N)=O)N(C#N)c1ccccc1. The van der Waals surface area contributed by atoms with Crippen molar-refractivity contribution in [2.45, 2.75) is 6.04 Å². The molecular weight excluding hydrogens is 192 g/mol. The quantitative estimate of drug-likeness (QED) is 0.562. The van der Waals surface area contributed by atoms with Gasteiger partial charge < -0.3 is 5.73 Å². The number of nitrogens with two attached hydrogens (primary N) is 1. The van der Waals surface area contributed by atoms with Gasteiger partial charge in [0.15, 0.2) is 6.19 Å². The van der Waals surface area contributed by atoms with Crippen molar-refractivity contribution in [3.63, 3.8) is 0 Å². The van der Waals surface area contributed by atoms with E-state index in [2.05, 4.69) is 0 Å². The number of benzene rings is 1. The van der Waals surface area contributed by atoms with Crippen LogP contribution in [0.15, 0.2) is 30.3 Å². The lowest BCUT2D eigenvalue weighted by atomic mass is 10.2. The van der Waals surface area contributed by atoms with Gasteiger partial charge in [-0.05, 0) is 12.1 Å². The minimum atomic E-state index is -1.27. The molecule has 0 heterocycles. The zero-order valence-corrected chi connectivity index (χ0v) is 7.79. The number of hydrogen-bond acceptors (Lipinski definition) is 4. The highest BCUT2D eigenvalue weighted by atomic mass is 16.1. The molecule has 0 fully saturated rings. The Kier molecular flexibility index (Phi) is 3.26. The van der Waals surface area contributed by atoms with Crippen LogP contribution < -0.4 is 10.6 Å². The van der Waals surface area contributed by atoms with Gasteiger partial charge in [-0.1, -0.05) is 18.2 Å². The third-order valence-electron chi connectivity index (χ3n) is 1.79. The first kappa shape index (κ1) is 10.6. The number of primary amides is 1. The number of nitriles is 2. The molecule has 0 spiro atoms. The summed E-state index contributed by atoms with van der Waals surface area (Å²) in [6.45, 7) is 0. The van der Waals surface area contributed by atoms with Crippen LogP contribution in [0.3, 0.4) is 0 Å². The molecule has 0 aliphatic heterocycles. The molecule has 0 bridgehead atoms. The van der Waals surface area contributed by atoms with E-state index in [0.717, 1.165) is 4.90 Å². The van der Waals surface area contributed by atoms with Crippen LogP contribution in [0.1, 0.15) is 0 Å². The molecule has 1 rings (SSSR count). The molecule has 5 heteroatoms. The lowest BCUT2D eigenvalue weighted by Crippen LogP contribution is -2.41. The molecule has 1 amide bonds. The Bertz CT molecular complexity index is 429. The highest BCUT2D eigenvalue weighted by Gasteiger charge is 2.23. The topological polar surface area (TPSA) is 93.9 Å². The van der Waals surface area contributed by atoms with Crippen LogP contribution in [-0.2, 0) is 4.79 Å². The summed E-state index contributed by atoms with van der Waals surface area (Å²) in [5, 5.41) is 17.6. The second-order valence-corrected chi connectivity index (χ2v) is 2.74. The minimum Gasteiger partial charge on any atom is -0.367 e. The Balaban J connectivity index is 3.06. The molecule has 0 saturated carbocycles. The van der Waals surface area contributed by atoms with Crippen molar-refractivity contribution in [3.05, 3.63) is 30.3 Å². The normalized spacial score (nSPS) is 10.8. The molecule has 0 radical (unpaired) electrons. The van der Waals surface area contributed by atoms with E-state index in [9.17, 15) is 4.79 Å². The molecule has 1 aromatic rings. The molecule has 74 valence electrons. The van der Waals surface area contributed by atoms with Crippen molar-refractivity contribution in [3.8, 4) is 12.3 Å². The lowest BCUT2D eigenvalue weighted by molar-refractivity contribution is -0.118. The van der Waals surface area contributed by atoms with E-state index in [1.54, 1.807) is 42.6 Å². The molecule has 0 aliphatic rings. The number of hydrogen-bond donors (Lipinski definition) is 1. The number of para-hydroxylation sites is 1. The van der Waals surface area contributed by atoms with Gasteiger partial charge in [-0.15, -0.1) is 0 Å². The van der Waals surface area contributed by atoms with Gasteiger partial charge in [-0.2, -0.15) is 10.5 Å².